The van der Waals surface area contributed by atoms with E-state index in [-0.39, 0.29) is 0 Å². The van der Waals surface area contributed by atoms with Gasteiger partial charge in [0.15, 0.2) is 5.01 Å². The zero-order chi connectivity index (χ0) is 19.8. The average molecular weight is 443 g/mol. The average Bonchev–Trinajstić information content (AvgIpc) is 3.47. The molecular formula is C19H15ClN6OS2. The molecule has 0 fully saturated rings. The summed E-state index contributed by atoms with van der Waals surface area (Å²) in [6.45, 7) is 2.73. The molecule has 0 saturated heterocycles. The highest BCUT2D eigenvalue weighted by molar-refractivity contribution is 7.20. The third kappa shape index (κ3) is 3.41. The topological polar surface area (TPSA) is 88.6 Å². The quantitative estimate of drug-likeness (QED) is 0.341. The SMILES string of the molecule is CCCOc1nc2c(-c3nnc(Nc4ccc5[nH]ncc5c4Cl)s3)cccc2s1. The summed E-state index contributed by atoms with van der Waals surface area (Å²) in [6, 6.07) is 9.85. The first-order valence-electron chi connectivity index (χ1n) is 8.97. The van der Waals surface area contributed by atoms with E-state index < -0.39 is 0 Å². The van der Waals surface area contributed by atoms with Gasteiger partial charge in [-0.05, 0) is 30.7 Å². The first-order valence-corrected chi connectivity index (χ1v) is 11.0. The Morgan fingerprint density at radius 1 is 1.17 bits per heavy atom. The van der Waals surface area contributed by atoms with E-state index in [4.69, 9.17) is 16.3 Å². The van der Waals surface area contributed by atoms with E-state index >= 15 is 0 Å². The van der Waals surface area contributed by atoms with Gasteiger partial charge in [0, 0.05) is 10.9 Å². The number of halogens is 1. The van der Waals surface area contributed by atoms with E-state index in [0.29, 0.717) is 22.0 Å². The van der Waals surface area contributed by atoms with Crippen molar-refractivity contribution in [1.82, 2.24) is 25.4 Å². The number of nitrogens with zero attached hydrogens (tertiary/aromatic N) is 4. The summed E-state index contributed by atoms with van der Waals surface area (Å²) in [5.41, 5.74) is 3.45. The van der Waals surface area contributed by atoms with Crippen LogP contribution < -0.4 is 10.1 Å². The van der Waals surface area contributed by atoms with E-state index in [1.54, 1.807) is 17.5 Å². The molecule has 2 N–H and O–H groups in total. The number of thiazole rings is 1. The van der Waals surface area contributed by atoms with Crippen LogP contribution in [-0.2, 0) is 0 Å². The Bertz CT molecular complexity index is 1310. The van der Waals surface area contributed by atoms with E-state index in [1.807, 2.05) is 30.3 Å². The molecule has 0 saturated carbocycles. The van der Waals surface area contributed by atoms with Crippen molar-refractivity contribution < 1.29 is 4.74 Å². The van der Waals surface area contributed by atoms with Crippen LogP contribution in [0.25, 0.3) is 31.7 Å². The number of hydrogen-bond acceptors (Lipinski definition) is 8. The zero-order valence-electron chi connectivity index (χ0n) is 15.3. The lowest BCUT2D eigenvalue weighted by Crippen LogP contribution is -1.93. The zero-order valence-corrected chi connectivity index (χ0v) is 17.7. The van der Waals surface area contributed by atoms with Crippen molar-refractivity contribution in [3.63, 3.8) is 0 Å². The van der Waals surface area contributed by atoms with Gasteiger partial charge in [0.05, 0.1) is 39.2 Å². The summed E-state index contributed by atoms with van der Waals surface area (Å²) in [6.07, 6.45) is 2.65. The molecule has 29 heavy (non-hydrogen) atoms. The fourth-order valence-electron chi connectivity index (χ4n) is 2.93. The smallest absolute Gasteiger partial charge is 0.274 e. The van der Waals surface area contributed by atoms with Crippen molar-refractivity contribution in [3.8, 4) is 15.8 Å². The number of para-hydroxylation sites is 1. The first kappa shape index (κ1) is 18.3. The number of rotatable bonds is 6. The van der Waals surface area contributed by atoms with Gasteiger partial charge in [-0.25, -0.2) is 4.98 Å². The summed E-state index contributed by atoms with van der Waals surface area (Å²) >= 11 is 9.48. The predicted octanol–water partition coefficient (Wildman–Crippen LogP) is 5.88. The van der Waals surface area contributed by atoms with Crippen LogP contribution in [0.5, 0.6) is 5.19 Å². The number of anilines is 2. The third-order valence-corrected chi connectivity index (χ3v) is 6.50. The lowest BCUT2D eigenvalue weighted by molar-refractivity contribution is 0.316. The van der Waals surface area contributed by atoms with Gasteiger partial charge >= 0.3 is 0 Å². The minimum absolute atomic E-state index is 0.590. The normalized spacial score (nSPS) is 11.4. The highest BCUT2D eigenvalue weighted by Crippen LogP contribution is 2.38. The van der Waals surface area contributed by atoms with Crippen molar-refractivity contribution >= 4 is 66.2 Å². The number of aromatic amines is 1. The molecule has 0 aliphatic carbocycles. The predicted molar refractivity (Wildman–Crippen MR) is 119 cm³/mol. The van der Waals surface area contributed by atoms with E-state index in [2.05, 4.69) is 37.6 Å². The van der Waals surface area contributed by atoms with Crippen molar-refractivity contribution in [2.45, 2.75) is 13.3 Å². The Balaban J connectivity index is 1.46. The van der Waals surface area contributed by atoms with Crippen LogP contribution in [0.3, 0.4) is 0 Å². The van der Waals surface area contributed by atoms with Crippen LogP contribution in [0.2, 0.25) is 5.02 Å². The summed E-state index contributed by atoms with van der Waals surface area (Å²) in [7, 11) is 0. The maximum Gasteiger partial charge on any atom is 0.274 e. The molecule has 5 rings (SSSR count). The molecule has 0 unspecified atom stereocenters. The van der Waals surface area contributed by atoms with Crippen molar-refractivity contribution in [2.24, 2.45) is 0 Å². The Kier molecular flexibility index (Phi) is 4.78. The fraction of sp³-hybridized carbons (Fsp3) is 0.158. The summed E-state index contributed by atoms with van der Waals surface area (Å²) in [4.78, 5) is 4.65. The lowest BCUT2D eigenvalue weighted by Gasteiger charge is -2.05. The number of ether oxygens (including phenoxy) is 1. The number of hydrogen-bond donors (Lipinski definition) is 2. The third-order valence-electron chi connectivity index (χ3n) is 4.28. The van der Waals surface area contributed by atoms with E-state index in [0.717, 1.165) is 43.8 Å². The van der Waals surface area contributed by atoms with Gasteiger partial charge in [-0.3, -0.25) is 5.10 Å². The van der Waals surface area contributed by atoms with E-state index in [9.17, 15) is 0 Å². The molecule has 0 spiro atoms. The molecule has 3 heterocycles. The van der Waals surface area contributed by atoms with Gasteiger partial charge in [-0.1, -0.05) is 47.3 Å². The molecule has 2 aromatic carbocycles. The number of fused-ring (bicyclic) bond motifs is 2. The van der Waals surface area contributed by atoms with Crippen molar-refractivity contribution in [1.29, 1.82) is 0 Å². The maximum absolute atomic E-state index is 6.49. The minimum Gasteiger partial charge on any atom is -0.470 e. The summed E-state index contributed by atoms with van der Waals surface area (Å²) in [5, 5.41) is 22.4. The van der Waals surface area contributed by atoms with Gasteiger partial charge in [0.25, 0.3) is 5.19 Å². The van der Waals surface area contributed by atoms with Crippen LogP contribution in [0.15, 0.2) is 36.5 Å². The molecule has 7 nitrogen and oxygen atoms in total. The molecule has 0 radical (unpaired) electrons. The maximum atomic E-state index is 6.49. The molecule has 0 aliphatic rings. The van der Waals surface area contributed by atoms with Gasteiger partial charge < -0.3 is 10.1 Å². The summed E-state index contributed by atoms with van der Waals surface area (Å²) in [5.74, 6) is 0. The summed E-state index contributed by atoms with van der Waals surface area (Å²) < 4.78 is 6.76. The largest absolute Gasteiger partial charge is 0.470 e. The van der Waals surface area contributed by atoms with Crippen LogP contribution >= 0.6 is 34.3 Å². The second-order valence-corrected chi connectivity index (χ2v) is 8.62. The Hall–Kier alpha value is -2.75. The van der Waals surface area contributed by atoms with Crippen molar-refractivity contribution in [3.05, 3.63) is 41.6 Å². The molecular weight excluding hydrogens is 428 g/mol. The van der Waals surface area contributed by atoms with Gasteiger partial charge in [-0.2, -0.15) is 5.10 Å². The van der Waals surface area contributed by atoms with Crippen molar-refractivity contribution in [2.75, 3.05) is 11.9 Å². The number of H-pyrrole nitrogens is 1. The molecule has 0 bridgehead atoms. The molecule has 3 aromatic heterocycles. The molecule has 0 amide bonds. The van der Waals surface area contributed by atoms with Crippen LogP contribution in [0.1, 0.15) is 13.3 Å². The number of nitrogens with one attached hydrogen (secondary N) is 2. The fourth-order valence-corrected chi connectivity index (χ4v) is 4.84. The Morgan fingerprint density at radius 2 is 2.10 bits per heavy atom. The van der Waals surface area contributed by atoms with Crippen LogP contribution in [0.4, 0.5) is 10.8 Å². The monoisotopic (exact) mass is 442 g/mol. The number of aromatic nitrogens is 5. The minimum atomic E-state index is 0.590. The molecule has 146 valence electrons. The Morgan fingerprint density at radius 3 is 3.00 bits per heavy atom. The second kappa shape index (κ2) is 7.58. The van der Waals surface area contributed by atoms with Gasteiger partial charge in [-0.15, -0.1) is 10.2 Å². The van der Waals surface area contributed by atoms with Crippen LogP contribution in [-0.4, -0.2) is 32.0 Å². The lowest BCUT2D eigenvalue weighted by atomic mass is 10.2. The molecule has 0 aliphatic heterocycles. The standard InChI is InChI=1S/C19H15ClN6OS2/c1-2-8-27-19-23-16-10(4-3-5-14(16)28-19)17-25-26-18(29-17)22-13-7-6-12-11(15(13)20)9-21-24-12/h3-7,9H,2,8H2,1H3,(H,21,24)(H,22,26). The number of benzene rings is 2. The van der Waals surface area contributed by atoms with Gasteiger partial charge in [0.2, 0.25) is 5.13 Å². The molecule has 0 atom stereocenters. The highest BCUT2D eigenvalue weighted by atomic mass is 35.5. The molecule has 5 aromatic rings. The highest BCUT2D eigenvalue weighted by Gasteiger charge is 2.15. The van der Waals surface area contributed by atoms with Gasteiger partial charge in [0.1, 0.15) is 0 Å². The Labute approximate surface area is 178 Å². The van der Waals surface area contributed by atoms with E-state index in [1.165, 1.54) is 11.3 Å². The molecule has 10 heteroatoms. The second-order valence-electron chi connectivity index (χ2n) is 6.28. The van der Waals surface area contributed by atoms with Crippen LogP contribution in [0, 0.1) is 0 Å². The first-order chi connectivity index (χ1) is 14.2.